The van der Waals surface area contributed by atoms with Crippen LogP contribution >= 0.6 is 0 Å². The van der Waals surface area contributed by atoms with Crippen molar-refractivity contribution in [3.8, 4) is 5.75 Å². The number of nitrogens with two attached hydrogens (primary N) is 3. The maximum atomic E-state index is 13.4. The van der Waals surface area contributed by atoms with Crippen LogP contribution in [0.4, 0.5) is 0 Å². The number of carbonyl (C=O) groups excluding carboxylic acids is 8. The number of phenolic OH excluding ortho intramolecular Hbond substituents is 1. The topological polar surface area (TPSA) is 405 Å². The number of aliphatic hydroxyl groups excluding tert-OH is 3. The van der Waals surface area contributed by atoms with Gasteiger partial charge in [-0.2, -0.15) is 0 Å². The lowest BCUT2D eigenvalue weighted by molar-refractivity contribution is -0.143. The number of primary amides is 2. The molecule has 0 unspecified atom stereocenters. The van der Waals surface area contributed by atoms with Crippen LogP contribution in [0.25, 0.3) is 0 Å². The molecule has 56 heavy (non-hydrogen) atoms. The first-order valence-electron chi connectivity index (χ1n) is 17.2. The van der Waals surface area contributed by atoms with Gasteiger partial charge in [-0.05, 0) is 42.9 Å². The molecule has 1 aromatic carbocycles. The standard InChI is InChI=1S/C33H51N9O14/c1-15(2)9-20(29(51)37-19(7-8-25(35)47)28(50)42-24(14-45)33(55)56)38-30(52)21(11-26(36)48)39-31(53)23(13-44)41-32(54)22(12-43)40-27(49)18(34)10-16-3-5-17(46)6-4-16/h3-6,15,18-24,43-46H,7-14,34H2,1-2H3,(H2,35,47)(H2,36,48)(H,37,51)(H,38,52)(H,39,53)(H,40,49)(H,41,54)(H,42,50)(H,55,56)/t18-,19-,20-,21-,22-,23-,24-/m0/s1. The lowest BCUT2D eigenvalue weighted by Gasteiger charge is -2.27. The zero-order chi connectivity index (χ0) is 42.7. The summed E-state index contributed by atoms with van der Waals surface area (Å²) in [4.78, 5) is 113. The fourth-order valence-corrected chi connectivity index (χ4v) is 4.86. The second-order valence-corrected chi connectivity index (χ2v) is 13.0. The molecule has 1 rings (SSSR count). The molecule has 23 heteroatoms. The predicted molar refractivity (Wildman–Crippen MR) is 192 cm³/mol. The van der Waals surface area contributed by atoms with E-state index in [-0.39, 0.29) is 24.5 Å². The first-order chi connectivity index (χ1) is 26.2. The van der Waals surface area contributed by atoms with Gasteiger partial charge in [0, 0.05) is 6.42 Å². The number of amides is 8. The molecule has 0 saturated carbocycles. The third kappa shape index (κ3) is 17.0. The summed E-state index contributed by atoms with van der Waals surface area (Å²) < 4.78 is 0. The van der Waals surface area contributed by atoms with E-state index < -0.39 is 135 Å². The number of nitrogens with one attached hydrogen (secondary N) is 6. The summed E-state index contributed by atoms with van der Waals surface area (Å²) in [7, 11) is 0. The van der Waals surface area contributed by atoms with Gasteiger partial charge in [-0.25, -0.2) is 4.79 Å². The number of aromatic hydroxyl groups is 1. The van der Waals surface area contributed by atoms with Crippen LogP contribution in [0.5, 0.6) is 5.75 Å². The van der Waals surface area contributed by atoms with Crippen molar-refractivity contribution in [1.82, 2.24) is 31.9 Å². The Balaban J connectivity index is 3.12. The molecule has 23 nitrogen and oxygen atoms in total. The number of aliphatic hydroxyl groups is 3. The zero-order valence-corrected chi connectivity index (χ0v) is 30.7. The molecule has 0 radical (unpaired) electrons. The second kappa shape index (κ2) is 23.8. The Morgan fingerprint density at radius 1 is 0.589 bits per heavy atom. The summed E-state index contributed by atoms with van der Waals surface area (Å²) in [6, 6.07) is -5.55. The Morgan fingerprint density at radius 2 is 1.00 bits per heavy atom. The summed E-state index contributed by atoms with van der Waals surface area (Å²) >= 11 is 0. The Bertz CT molecular complexity index is 1560. The molecule has 0 spiro atoms. The Hall–Kier alpha value is -5.91. The third-order valence-electron chi connectivity index (χ3n) is 7.85. The molecule has 7 atom stereocenters. The van der Waals surface area contributed by atoms with Crippen LogP contribution in [0, 0.1) is 5.92 Å². The zero-order valence-electron chi connectivity index (χ0n) is 30.7. The molecule has 0 aliphatic rings. The van der Waals surface area contributed by atoms with E-state index in [1.165, 1.54) is 24.3 Å². The maximum Gasteiger partial charge on any atom is 0.328 e. The number of hydrogen-bond acceptors (Lipinski definition) is 14. The monoisotopic (exact) mass is 797 g/mol. The number of aliphatic carboxylic acids is 1. The van der Waals surface area contributed by atoms with Crippen LogP contribution in [0.15, 0.2) is 24.3 Å². The van der Waals surface area contributed by atoms with E-state index in [0.717, 1.165) is 0 Å². The van der Waals surface area contributed by atoms with Crippen molar-refractivity contribution in [2.75, 3.05) is 19.8 Å². The van der Waals surface area contributed by atoms with Gasteiger partial charge in [-0.1, -0.05) is 26.0 Å². The lowest BCUT2D eigenvalue weighted by Crippen LogP contribution is -2.61. The van der Waals surface area contributed by atoms with Crippen molar-refractivity contribution in [2.45, 2.75) is 88.2 Å². The van der Waals surface area contributed by atoms with Crippen molar-refractivity contribution in [2.24, 2.45) is 23.1 Å². The number of benzene rings is 1. The number of carboxylic acids is 1. The fraction of sp³-hybridized carbons (Fsp3) is 0.545. The molecule has 312 valence electrons. The number of carbonyl (C=O) groups is 9. The van der Waals surface area contributed by atoms with E-state index in [0.29, 0.717) is 5.56 Å². The van der Waals surface area contributed by atoms with E-state index in [9.17, 15) is 68.7 Å². The largest absolute Gasteiger partial charge is 0.508 e. The summed E-state index contributed by atoms with van der Waals surface area (Å²) in [5, 5.41) is 60.6. The number of carboxylic acid groups (broad SMARTS) is 1. The summed E-state index contributed by atoms with van der Waals surface area (Å²) in [5.41, 5.74) is 16.9. The average Bonchev–Trinajstić information content (AvgIpc) is 3.12. The van der Waals surface area contributed by atoms with E-state index in [2.05, 4.69) is 26.6 Å². The average molecular weight is 798 g/mol. The molecule has 0 aliphatic heterocycles. The second-order valence-electron chi connectivity index (χ2n) is 13.0. The highest BCUT2D eigenvalue weighted by Crippen LogP contribution is 2.11. The highest BCUT2D eigenvalue weighted by atomic mass is 16.4. The van der Waals surface area contributed by atoms with Crippen LogP contribution < -0.4 is 49.1 Å². The molecule has 17 N–H and O–H groups in total. The SMILES string of the molecule is CC(C)C[C@H](NC(=O)[C@H](CC(N)=O)NC(=O)[C@H](CO)NC(=O)[C@H](CO)NC(=O)[C@@H](N)Cc1ccc(O)cc1)C(=O)N[C@@H](CCC(N)=O)C(=O)N[C@@H](CO)C(=O)O. The van der Waals surface area contributed by atoms with Crippen LogP contribution in [0.3, 0.4) is 0 Å². The van der Waals surface area contributed by atoms with Crippen molar-refractivity contribution in [3.63, 3.8) is 0 Å². The van der Waals surface area contributed by atoms with Crippen molar-refractivity contribution >= 4 is 53.2 Å². The van der Waals surface area contributed by atoms with Gasteiger partial charge < -0.3 is 74.6 Å². The molecule has 0 bridgehead atoms. The van der Waals surface area contributed by atoms with Gasteiger partial charge >= 0.3 is 5.97 Å². The normalized spacial score (nSPS) is 14.7. The number of hydrogen-bond donors (Lipinski definition) is 14. The molecule has 0 aromatic heterocycles. The van der Waals surface area contributed by atoms with E-state index in [1.807, 2.05) is 5.32 Å². The van der Waals surface area contributed by atoms with Crippen molar-refractivity contribution in [3.05, 3.63) is 29.8 Å². The Labute approximate surface area is 320 Å². The third-order valence-corrected chi connectivity index (χ3v) is 7.85. The molecular weight excluding hydrogens is 746 g/mol. The predicted octanol–water partition coefficient (Wildman–Crippen LogP) is -6.58. The van der Waals surface area contributed by atoms with Crippen molar-refractivity contribution < 1.29 is 68.7 Å². The van der Waals surface area contributed by atoms with Gasteiger partial charge in [0.15, 0.2) is 0 Å². The van der Waals surface area contributed by atoms with Gasteiger partial charge in [0.05, 0.1) is 32.3 Å². The fourth-order valence-electron chi connectivity index (χ4n) is 4.86. The molecule has 0 heterocycles. The first-order valence-corrected chi connectivity index (χ1v) is 17.2. The Morgan fingerprint density at radius 3 is 1.46 bits per heavy atom. The molecular formula is C33H51N9O14. The van der Waals surface area contributed by atoms with Gasteiger partial charge in [-0.3, -0.25) is 38.4 Å². The molecule has 0 saturated heterocycles. The molecule has 8 amide bonds. The van der Waals surface area contributed by atoms with Crippen molar-refractivity contribution in [1.29, 1.82) is 0 Å². The minimum atomic E-state index is -1.82. The quantitative estimate of drug-likeness (QED) is 0.0437. The van der Waals surface area contributed by atoms with Gasteiger partial charge in [0.25, 0.3) is 0 Å². The minimum Gasteiger partial charge on any atom is -0.508 e. The summed E-state index contributed by atoms with van der Waals surface area (Å²) in [5.74, 6) is -10.4. The van der Waals surface area contributed by atoms with E-state index >= 15 is 0 Å². The molecule has 0 fully saturated rings. The van der Waals surface area contributed by atoms with Gasteiger partial charge in [0.1, 0.15) is 42.0 Å². The minimum absolute atomic E-state index is 0.0143. The lowest BCUT2D eigenvalue weighted by atomic mass is 10.0. The summed E-state index contributed by atoms with van der Waals surface area (Å²) in [6.07, 6.45) is -1.81. The van der Waals surface area contributed by atoms with E-state index in [4.69, 9.17) is 17.2 Å². The maximum absolute atomic E-state index is 13.4. The highest BCUT2D eigenvalue weighted by molar-refractivity contribution is 5.98. The van der Waals surface area contributed by atoms with Gasteiger partial charge in [-0.15, -0.1) is 0 Å². The first kappa shape index (κ1) is 48.1. The van der Waals surface area contributed by atoms with Crippen LogP contribution in [-0.4, -0.2) is 141 Å². The molecule has 1 aromatic rings. The van der Waals surface area contributed by atoms with Crippen LogP contribution in [0.1, 0.15) is 45.1 Å². The smallest absolute Gasteiger partial charge is 0.328 e. The summed E-state index contributed by atoms with van der Waals surface area (Å²) in [6.45, 7) is 0.257. The van der Waals surface area contributed by atoms with Gasteiger partial charge in [0.2, 0.25) is 47.3 Å². The van der Waals surface area contributed by atoms with Crippen LogP contribution in [-0.2, 0) is 49.6 Å². The Kier molecular flexibility index (Phi) is 20.4. The molecule has 0 aliphatic carbocycles. The highest BCUT2D eigenvalue weighted by Gasteiger charge is 2.34. The number of rotatable bonds is 25. The van der Waals surface area contributed by atoms with Crippen LogP contribution in [0.2, 0.25) is 0 Å². The van der Waals surface area contributed by atoms with E-state index in [1.54, 1.807) is 13.8 Å². The number of phenols is 1.